The summed E-state index contributed by atoms with van der Waals surface area (Å²) in [6.07, 6.45) is 6.07. The number of hydrogen-bond donors (Lipinski definition) is 1. The fourth-order valence-electron chi connectivity index (χ4n) is 3.68. The molecular weight excluding hydrogens is 356 g/mol. The Hall–Kier alpha value is -3.09. The van der Waals surface area contributed by atoms with Gasteiger partial charge < -0.3 is 9.64 Å². The SMILES string of the molecule is COc1cccc(-c2c[nH]n3c(=O)cc(CCN4CCCCCC4=O)nc23)c1. The average Bonchev–Trinajstić information content (AvgIpc) is 3.03. The van der Waals surface area contributed by atoms with E-state index in [1.165, 1.54) is 4.52 Å². The molecule has 7 nitrogen and oxygen atoms in total. The lowest BCUT2D eigenvalue weighted by Gasteiger charge is -2.20. The number of nitrogens with zero attached hydrogens (tertiary/aromatic N) is 3. The third-order valence-electron chi connectivity index (χ3n) is 5.24. The highest BCUT2D eigenvalue weighted by molar-refractivity contribution is 5.78. The summed E-state index contributed by atoms with van der Waals surface area (Å²) < 4.78 is 6.74. The third kappa shape index (κ3) is 3.65. The molecule has 1 aromatic carbocycles. The number of aromatic amines is 1. The normalized spacial score (nSPS) is 15.0. The van der Waals surface area contributed by atoms with E-state index in [4.69, 9.17) is 9.72 Å². The number of carbonyl (C=O) groups is 1. The number of amides is 1. The van der Waals surface area contributed by atoms with Crippen LogP contribution in [-0.4, -0.2) is 45.6 Å². The molecule has 3 aromatic rings. The zero-order valence-corrected chi connectivity index (χ0v) is 16.0. The largest absolute Gasteiger partial charge is 0.497 e. The van der Waals surface area contributed by atoms with Gasteiger partial charge in [-0.05, 0) is 30.5 Å². The van der Waals surface area contributed by atoms with E-state index in [0.29, 0.717) is 30.7 Å². The maximum absolute atomic E-state index is 12.5. The molecule has 3 heterocycles. The summed E-state index contributed by atoms with van der Waals surface area (Å²) in [5.74, 6) is 0.948. The molecule has 0 spiro atoms. The van der Waals surface area contributed by atoms with Crippen molar-refractivity contribution in [2.24, 2.45) is 0 Å². The molecule has 1 aliphatic rings. The highest BCUT2D eigenvalue weighted by atomic mass is 16.5. The van der Waals surface area contributed by atoms with Crippen molar-refractivity contribution in [3.63, 3.8) is 0 Å². The fourth-order valence-corrected chi connectivity index (χ4v) is 3.68. The van der Waals surface area contributed by atoms with Crippen molar-refractivity contribution in [2.75, 3.05) is 20.2 Å². The van der Waals surface area contributed by atoms with Crippen LogP contribution in [0.25, 0.3) is 16.8 Å². The van der Waals surface area contributed by atoms with Crippen LogP contribution in [0.3, 0.4) is 0 Å². The number of rotatable bonds is 5. The number of methoxy groups -OCH3 is 1. The van der Waals surface area contributed by atoms with Crippen LogP contribution in [0.4, 0.5) is 0 Å². The van der Waals surface area contributed by atoms with E-state index in [-0.39, 0.29) is 11.5 Å². The molecule has 1 amide bonds. The molecule has 4 rings (SSSR count). The standard InChI is InChI=1S/C21H24N4O3/c1-28-17-7-5-6-15(12-17)18-14-22-25-20(27)13-16(23-21(18)25)9-11-24-10-4-2-3-8-19(24)26/h5-7,12-14,22H,2-4,8-11H2,1H3. The quantitative estimate of drug-likeness (QED) is 0.738. The van der Waals surface area contributed by atoms with E-state index in [0.717, 1.165) is 42.7 Å². The van der Waals surface area contributed by atoms with Crippen molar-refractivity contribution in [2.45, 2.75) is 32.1 Å². The number of likely N-dealkylation sites (tertiary alicyclic amines) is 1. The van der Waals surface area contributed by atoms with E-state index in [1.54, 1.807) is 19.4 Å². The maximum atomic E-state index is 12.5. The van der Waals surface area contributed by atoms with Crippen LogP contribution in [0.1, 0.15) is 31.4 Å². The first kappa shape index (κ1) is 18.3. The monoisotopic (exact) mass is 380 g/mol. The van der Waals surface area contributed by atoms with Crippen molar-refractivity contribution in [1.82, 2.24) is 19.5 Å². The second-order valence-electron chi connectivity index (χ2n) is 7.11. The number of nitrogens with one attached hydrogen (secondary N) is 1. The summed E-state index contributed by atoms with van der Waals surface area (Å²) >= 11 is 0. The zero-order valence-electron chi connectivity index (χ0n) is 16.0. The number of hydrogen-bond acceptors (Lipinski definition) is 4. The van der Waals surface area contributed by atoms with Gasteiger partial charge in [-0.15, -0.1) is 0 Å². The first-order valence-corrected chi connectivity index (χ1v) is 9.68. The van der Waals surface area contributed by atoms with Gasteiger partial charge in [0.05, 0.1) is 12.8 Å². The number of H-pyrrole nitrogens is 1. The van der Waals surface area contributed by atoms with Gasteiger partial charge in [0.1, 0.15) is 5.75 Å². The number of benzene rings is 1. The summed E-state index contributed by atoms with van der Waals surface area (Å²) in [6, 6.07) is 9.20. The molecule has 1 aliphatic heterocycles. The Bertz CT molecular complexity index is 1050. The smallest absolute Gasteiger partial charge is 0.272 e. The minimum absolute atomic E-state index is 0.156. The molecule has 1 fully saturated rings. The Labute approximate surface area is 162 Å². The molecule has 1 saturated heterocycles. The van der Waals surface area contributed by atoms with Crippen LogP contribution in [0, 0.1) is 0 Å². The molecule has 146 valence electrons. The summed E-state index contributed by atoms with van der Waals surface area (Å²) in [4.78, 5) is 31.3. The molecular formula is C21H24N4O3. The van der Waals surface area contributed by atoms with Crippen LogP contribution in [0.5, 0.6) is 5.75 Å². The Morgan fingerprint density at radius 3 is 2.93 bits per heavy atom. The van der Waals surface area contributed by atoms with Crippen LogP contribution < -0.4 is 10.3 Å². The van der Waals surface area contributed by atoms with E-state index >= 15 is 0 Å². The lowest BCUT2D eigenvalue weighted by Crippen LogP contribution is -2.32. The lowest BCUT2D eigenvalue weighted by molar-refractivity contribution is -0.130. The van der Waals surface area contributed by atoms with Crippen LogP contribution in [-0.2, 0) is 11.2 Å². The minimum Gasteiger partial charge on any atom is -0.497 e. The summed E-state index contributed by atoms with van der Waals surface area (Å²) in [5, 5.41) is 2.98. The number of aromatic nitrogens is 3. The molecule has 1 N–H and O–H groups in total. The highest BCUT2D eigenvalue weighted by Gasteiger charge is 2.17. The van der Waals surface area contributed by atoms with Crippen molar-refractivity contribution >= 4 is 11.6 Å². The van der Waals surface area contributed by atoms with Gasteiger partial charge in [0.2, 0.25) is 5.91 Å². The molecule has 0 bridgehead atoms. The molecule has 28 heavy (non-hydrogen) atoms. The van der Waals surface area contributed by atoms with E-state index in [2.05, 4.69) is 5.10 Å². The molecule has 0 saturated carbocycles. The number of carbonyl (C=O) groups excluding carboxylic acids is 1. The van der Waals surface area contributed by atoms with Crippen molar-refractivity contribution in [3.8, 4) is 16.9 Å². The van der Waals surface area contributed by atoms with E-state index < -0.39 is 0 Å². The van der Waals surface area contributed by atoms with Crippen LogP contribution in [0.15, 0.2) is 41.3 Å². The van der Waals surface area contributed by atoms with Crippen molar-refractivity contribution < 1.29 is 9.53 Å². The fraction of sp³-hybridized carbons (Fsp3) is 0.381. The first-order valence-electron chi connectivity index (χ1n) is 9.68. The molecule has 0 unspecified atom stereocenters. The lowest BCUT2D eigenvalue weighted by atomic mass is 10.1. The average molecular weight is 380 g/mol. The third-order valence-corrected chi connectivity index (χ3v) is 5.24. The maximum Gasteiger partial charge on any atom is 0.272 e. The van der Waals surface area contributed by atoms with Gasteiger partial charge in [-0.3, -0.25) is 14.7 Å². The first-order chi connectivity index (χ1) is 13.7. The highest BCUT2D eigenvalue weighted by Crippen LogP contribution is 2.26. The Balaban J connectivity index is 1.63. The topological polar surface area (TPSA) is 79.7 Å². The molecule has 0 aliphatic carbocycles. The predicted octanol–water partition coefficient (Wildman–Crippen LogP) is 2.64. The van der Waals surface area contributed by atoms with Crippen LogP contribution >= 0.6 is 0 Å². The van der Waals surface area contributed by atoms with Crippen molar-refractivity contribution in [3.05, 3.63) is 52.6 Å². The van der Waals surface area contributed by atoms with Gasteiger partial charge in [0.15, 0.2) is 5.65 Å². The summed E-state index contributed by atoms with van der Waals surface area (Å²) in [6.45, 7) is 1.39. The Morgan fingerprint density at radius 1 is 1.18 bits per heavy atom. The van der Waals surface area contributed by atoms with E-state index in [1.807, 2.05) is 29.2 Å². The second-order valence-corrected chi connectivity index (χ2v) is 7.11. The van der Waals surface area contributed by atoms with Gasteiger partial charge in [0.25, 0.3) is 5.56 Å². The Kier molecular flexibility index (Phi) is 5.14. The molecule has 2 aromatic heterocycles. The molecule has 0 radical (unpaired) electrons. The number of fused-ring (bicyclic) bond motifs is 1. The van der Waals surface area contributed by atoms with E-state index in [9.17, 15) is 9.59 Å². The van der Waals surface area contributed by atoms with Gasteiger partial charge in [-0.2, -0.15) is 0 Å². The zero-order chi connectivity index (χ0) is 19.5. The number of ether oxygens (including phenoxy) is 1. The van der Waals surface area contributed by atoms with Crippen LogP contribution in [0.2, 0.25) is 0 Å². The Morgan fingerprint density at radius 2 is 2.07 bits per heavy atom. The van der Waals surface area contributed by atoms with Gasteiger partial charge in [-0.1, -0.05) is 18.6 Å². The molecule has 0 atom stereocenters. The van der Waals surface area contributed by atoms with Gasteiger partial charge in [-0.25, -0.2) is 9.50 Å². The predicted molar refractivity (Wildman–Crippen MR) is 107 cm³/mol. The van der Waals surface area contributed by atoms with Gasteiger partial charge in [0, 0.05) is 43.8 Å². The second kappa shape index (κ2) is 7.88. The molecule has 7 heteroatoms. The minimum atomic E-state index is -0.156. The summed E-state index contributed by atoms with van der Waals surface area (Å²) in [5.41, 5.74) is 2.88. The summed E-state index contributed by atoms with van der Waals surface area (Å²) in [7, 11) is 1.62. The van der Waals surface area contributed by atoms with Gasteiger partial charge >= 0.3 is 0 Å². The van der Waals surface area contributed by atoms with Crippen molar-refractivity contribution in [1.29, 1.82) is 0 Å².